The summed E-state index contributed by atoms with van der Waals surface area (Å²) >= 11 is 0. The lowest BCUT2D eigenvalue weighted by Gasteiger charge is -2.37. The Morgan fingerprint density at radius 1 is 0.491 bits per heavy atom. The molecule has 0 saturated heterocycles. The highest BCUT2D eigenvalue weighted by molar-refractivity contribution is 5.82. The van der Waals surface area contributed by atoms with Gasteiger partial charge in [-0.2, -0.15) is 0 Å². The molecule has 12 atom stereocenters. The van der Waals surface area contributed by atoms with Crippen molar-refractivity contribution in [1.82, 2.24) is 0 Å². The van der Waals surface area contributed by atoms with Crippen LogP contribution >= 0.6 is 0 Å². The van der Waals surface area contributed by atoms with Crippen LogP contribution in [0.5, 0.6) is 0 Å². The molecule has 0 heterocycles. The fraction of sp³-hybridized carbons (Fsp3) is 0.938. The molecule has 0 bridgehead atoms. The van der Waals surface area contributed by atoms with Gasteiger partial charge in [-0.15, -0.1) is 0 Å². The minimum Gasteiger partial charge on any atom is -0.327 e. The molecule has 310 valence electrons. The van der Waals surface area contributed by atoms with Crippen molar-refractivity contribution < 1.29 is 4.79 Å². The zero-order chi connectivity index (χ0) is 39.8. The summed E-state index contributed by atoms with van der Waals surface area (Å²) in [4.78, 5) is 20.5. The lowest BCUT2D eigenvalue weighted by molar-refractivity contribution is -0.117. The summed E-state index contributed by atoms with van der Waals surface area (Å²) in [7, 11) is 0. The first-order valence-electron chi connectivity index (χ1n) is 22.9. The standard InChI is InChI=1S/C27H50N2.C15H30N2.C6H12O/c1-18(2)13-22(7)28-26-11-9-24(15-20(26)5)17-25-10-12-27(21(6)16-25)29-23(8)14-19(3)4;1-10-7-12(3-5-14(10)16)9-13-4-6-15(17)11(2)8-13;1-5(2)4-6(3)7/h18-21,24-27H,9-17H2,1-8H3;10-15H,3-9,16-17H2,1-2H3;5H,4H2,1-3H3. The third-order valence-corrected chi connectivity index (χ3v) is 13.4. The minimum atomic E-state index is 0.287. The summed E-state index contributed by atoms with van der Waals surface area (Å²) in [5.74, 6) is 8.99. The van der Waals surface area contributed by atoms with Crippen molar-refractivity contribution in [1.29, 1.82) is 0 Å². The maximum absolute atomic E-state index is 10.3. The number of nitrogens with two attached hydrogens (primary N) is 2. The van der Waals surface area contributed by atoms with Crippen molar-refractivity contribution in [2.24, 2.45) is 86.5 Å². The molecule has 4 aliphatic carbocycles. The molecule has 0 aromatic carbocycles. The van der Waals surface area contributed by atoms with Crippen LogP contribution in [-0.4, -0.2) is 41.4 Å². The SMILES string of the molecule is CC(=O)CC(C)C.CC(CC(C)C)=NC1CCC(CC2CCC(N=C(C)CC(C)C)C(C)C2)CC1C.CC1CC(CC2CCC(N)C(C)C2)CCC1N. The first-order chi connectivity index (χ1) is 24.8. The fourth-order valence-corrected chi connectivity index (χ4v) is 10.7. The average molecular weight is 741 g/mol. The van der Waals surface area contributed by atoms with Gasteiger partial charge in [0.05, 0.1) is 12.1 Å². The fourth-order valence-electron chi connectivity index (χ4n) is 10.7. The number of aliphatic imine (C=N–C) groups is 2. The summed E-state index contributed by atoms with van der Waals surface area (Å²) in [6.45, 7) is 28.9. The van der Waals surface area contributed by atoms with Crippen LogP contribution in [-0.2, 0) is 4.79 Å². The quantitative estimate of drug-likeness (QED) is 0.195. The summed E-state index contributed by atoms with van der Waals surface area (Å²) in [6, 6.07) is 2.09. The zero-order valence-corrected chi connectivity index (χ0v) is 37.6. The van der Waals surface area contributed by atoms with Crippen LogP contribution in [0.2, 0.25) is 0 Å². The molecule has 4 saturated carbocycles. The van der Waals surface area contributed by atoms with Gasteiger partial charge >= 0.3 is 0 Å². The van der Waals surface area contributed by atoms with Gasteiger partial charge in [0.2, 0.25) is 0 Å². The smallest absolute Gasteiger partial charge is 0.130 e. The zero-order valence-electron chi connectivity index (χ0n) is 37.6. The predicted octanol–water partition coefficient (Wildman–Crippen LogP) is 12.5. The van der Waals surface area contributed by atoms with Crippen LogP contribution in [0.3, 0.4) is 0 Å². The molecular weight excluding hydrogens is 649 g/mol. The van der Waals surface area contributed by atoms with E-state index in [0.717, 1.165) is 78.4 Å². The normalized spacial score (nSPS) is 35.7. The molecular formula is C48H92N4O. The van der Waals surface area contributed by atoms with Crippen LogP contribution in [0, 0.1) is 65.1 Å². The Labute approximate surface area is 331 Å². The molecule has 0 radical (unpaired) electrons. The summed E-state index contributed by atoms with van der Waals surface area (Å²) < 4.78 is 0. The Morgan fingerprint density at radius 3 is 1.04 bits per heavy atom. The third-order valence-electron chi connectivity index (χ3n) is 13.4. The van der Waals surface area contributed by atoms with Gasteiger partial charge in [-0.05, 0) is 189 Å². The van der Waals surface area contributed by atoms with Crippen LogP contribution in [0.1, 0.15) is 199 Å². The largest absolute Gasteiger partial charge is 0.327 e. The van der Waals surface area contributed by atoms with Crippen molar-refractivity contribution in [3.05, 3.63) is 0 Å². The Hall–Kier alpha value is -1.07. The van der Waals surface area contributed by atoms with E-state index in [1.165, 1.54) is 101 Å². The highest BCUT2D eigenvalue weighted by atomic mass is 16.1. The van der Waals surface area contributed by atoms with Crippen LogP contribution in [0.25, 0.3) is 0 Å². The van der Waals surface area contributed by atoms with Gasteiger partial charge < -0.3 is 16.3 Å². The molecule has 4 aliphatic rings. The summed E-state index contributed by atoms with van der Waals surface area (Å²) in [6.07, 6.45) is 22.1. The molecule has 12 unspecified atom stereocenters. The van der Waals surface area contributed by atoms with E-state index in [2.05, 4.69) is 69.2 Å². The number of Topliss-reactive ketones (excluding diaryl/α,β-unsaturated/α-hetero) is 1. The van der Waals surface area contributed by atoms with Crippen molar-refractivity contribution in [2.75, 3.05) is 0 Å². The Balaban J connectivity index is 0.000000338. The second kappa shape index (κ2) is 24.5. The predicted molar refractivity (Wildman–Crippen MR) is 234 cm³/mol. The van der Waals surface area contributed by atoms with Crippen molar-refractivity contribution >= 4 is 17.2 Å². The molecule has 5 nitrogen and oxygen atoms in total. The maximum Gasteiger partial charge on any atom is 0.130 e. The topological polar surface area (TPSA) is 93.8 Å². The number of ketones is 1. The van der Waals surface area contributed by atoms with Gasteiger partial charge in [0.25, 0.3) is 0 Å². The molecule has 0 aromatic heterocycles. The highest BCUT2D eigenvalue weighted by Crippen LogP contribution is 2.41. The van der Waals surface area contributed by atoms with E-state index in [1.54, 1.807) is 6.92 Å². The van der Waals surface area contributed by atoms with E-state index >= 15 is 0 Å². The molecule has 0 spiro atoms. The Kier molecular flexibility index (Phi) is 22.3. The number of carbonyl (C=O) groups excluding carboxylic acids is 1. The lowest BCUT2D eigenvalue weighted by atomic mass is 9.70. The molecule has 4 N–H and O–H groups in total. The minimum absolute atomic E-state index is 0.287. The van der Waals surface area contributed by atoms with Crippen LogP contribution in [0.15, 0.2) is 9.98 Å². The number of hydrogen-bond acceptors (Lipinski definition) is 5. The van der Waals surface area contributed by atoms with E-state index in [9.17, 15) is 4.79 Å². The maximum atomic E-state index is 10.3. The first-order valence-corrected chi connectivity index (χ1v) is 22.9. The molecule has 0 aromatic rings. The average Bonchev–Trinajstić information content (AvgIpc) is 3.03. The Bertz CT molecular complexity index is 1010. The number of carbonyl (C=O) groups is 1. The van der Waals surface area contributed by atoms with Gasteiger partial charge in [-0.3, -0.25) is 9.98 Å². The second-order valence-electron chi connectivity index (χ2n) is 20.8. The van der Waals surface area contributed by atoms with Gasteiger partial charge in [-0.25, -0.2) is 0 Å². The Morgan fingerprint density at radius 2 is 0.792 bits per heavy atom. The van der Waals surface area contributed by atoms with Crippen molar-refractivity contribution in [3.63, 3.8) is 0 Å². The lowest BCUT2D eigenvalue weighted by Crippen LogP contribution is -2.37. The van der Waals surface area contributed by atoms with Gasteiger partial charge in [0, 0.05) is 29.9 Å². The van der Waals surface area contributed by atoms with Crippen molar-refractivity contribution in [3.8, 4) is 0 Å². The van der Waals surface area contributed by atoms with Crippen LogP contribution < -0.4 is 11.5 Å². The van der Waals surface area contributed by atoms with E-state index < -0.39 is 0 Å². The monoisotopic (exact) mass is 741 g/mol. The van der Waals surface area contributed by atoms with E-state index in [0.29, 0.717) is 30.1 Å². The molecule has 4 rings (SSSR count). The number of hydrogen-bond donors (Lipinski definition) is 2. The number of rotatable bonds is 12. The summed E-state index contributed by atoms with van der Waals surface area (Å²) in [5, 5.41) is 0. The second-order valence-corrected chi connectivity index (χ2v) is 20.8. The van der Waals surface area contributed by atoms with Gasteiger partial charge in [0.15, 0.2) is 0 Å². The molecule has 5 heteroatoms. The molecule has 0 aliphatic heterocycles. The van der Waals surface area contributed by atoms with Gasteiger partial charge in [-0.1, -0.05) is 69.2 Å². The van der Waals surface area contributed by atoms with E-state index in [1.807, 2.05) is 13.8 Å². The van der Waals surface area contributed by atoms with Crippen LogP contribution in [0.4, 0.5) is 0 Å². The number of nitrogens with zero attached hydrogens (tertiary/aromatic N) is 2. The molecule has 0 amide bonds. The molecule has 53 heavy (non-hydrogen) atoms. The van der Waals surface area contributed by atoms with Crippen molar-refractivity contribution in [2.45, 2.75) is 223 Å². The van der Waals surface area contributed by atoms with E-state index in [4.69, 9.17) is 21.5 Å². The van der Waals surface area contributed by atoms with E-state index in [-0.39, 0.29) is 5.78 Å². The third kappa shape index (κ3) is 19.6. The first kappa shape index (κ1) is 48.1. The van der Waals surface area contributed by atoms with Gasteiger partial charge in [0.1, 0.15) is 5.78 Å². The summed E-state index contributed by atoms with van der Waals surface area (Å²) in [5.41, 5.74) is 14.9. The highest BCUT2D eigenvalue weighted by Gasteiger charge is 2.33. The molecule has 4 fully saturated rings.